The van der Waals surface area contributed by atoms with E-state index in [1.54, 1.807) is 30.6 Å². The van der Waals surface area contributed by atoms with Gasteiger partial charge in [-0.2, -0.15) is 0 Å². The van der Waals surface area contributed by atoms with Crippen molar-refractivity contribution in [3.63, 3.8) is 0 Å². The number of nitrogens with zero attached hydrogens (tertiary/aromatic N) is 2. The van der Waals surface area contributed by atoms with Crippen LogP contribution in [0.2, 0.25) is 0 Å². The number of carbonyl (C=O) groups is 2. The van der Waals surface area contributed by atoms with Gasteiger partial charge in [0.05, 0.1) is 12.0 Å². The maximum Gasteiger partial charge on any atom is 0.308 e. The predicted molar refractivity (Wildman–Crippen MR) is 89.2 cm³/mol. The summed E-state index contributed by atoms with van der Waals surface area (Å²) < 4.78 is 14.3. The molecule has 1 aromatic carbocycles. The Hall–Kier alpha value is -2.76. The lowest BCUT2D eigenvalue weighted by molar-refractivity contribution is -0.152. The Morgan fingerprint density at radius 1 is 1.28 bits per heavy atom. The quantitative estimate of drug-likeness (QED) is 0.907. The predicted octanol–water partition coefficient (Wildman–Crippen LogP) is 2.83. The van der Waals surface area contributed by atoms with Gasteiger partial charge in [0, 0.05) is 30.9 Å². The number of carboxylic acid groups (broad SMARTS) is 1. The fourth-order valence-corrected chi connectivity index (χ4v) is 3.37. The standard InChI is InChI=1S/C19H19FN2O3/c20-16-6-2-1-5-14(16)18-15(19(24)25)7-8-17(23)22(18)11-9-13-4-3-10-21-12-13/h1-6,10,12,15,18H,7-9,11H2,(H,24,25)/t15-,18+/m1/s1. The van der Waals surface area contributed by atoms with E-state index in [2.05, 4.69) is 4.98 Å². The Bertz CT molecular complexity index is 766. The average Bonchev–Trinajstić information content (AvgIpc) is 2.61. The minimum absolute atomic E-state index is 0.144. The zero-order valence-electron chi connectivity index (χ0n) is 13.6. The van der Waals surface area contributed by atoms with Gasteiger partial charge >= 0.3 is 5.97 Å². The van der Waals surface area contributed by atoms with Gasteiger partial charge in [-0.25, -0.2) is 4.39 Å². The van der Waals surface area contributed by atoms with Crippen molar-refractivity contribution < 1.29 is 19.1 Å². The van der Waals surface area contributed by atoms with Crippen LogP contribution in [0.3, 0.4) is 0 Å². The van der Waals surface area contributed by atoms with E-state index in [1.807, 2.05) is 12.1 Å². The molecule has 2 heterocycles. The van der Waals surface area contributed by atoms with Crippen molar-refractivity contribution >= 4 is 11.9 Å². The first-order valence-corrected chi connectivity index (χ1v) is 8.23. The van der Waals surface area contributed by atoms with Crippen molar-refractivity contribution in [3.05, 3.63) is 65.7 Å². The van der Waals surface area contributed by atoms with Gasteiger partial charge in [0.1, 0.15) is 5.82 Å². The fraction of sp³-hybridized carbons (Fsp3) is 0.316. The maximum absolute atomic E-state index is 14.3. The zero-order chi connectivity index (χ0) is 17.8. The SMILES string of the molecule is O=C(O)[C@@H]1CCC(=O)N(CCc2cccnc2)[C@H]1c1ccccc1F. The van der Waals surface area contributed by atoms with Crippen molar-refractivity contribution in [2.75, 3.05) is 6.54 Å². The molecule has 1 saturated heterocycles. The largest absolute Gasteiger partial charge is 0.481 e. The van der Waals surface area contributed by atoms with E-state index >= 15 is 0 Å². The van der Waals surface area contributed by atoms with Crippen LogP contribution in [-0.2, 0) is 16.0 Å². The van der Waals surface area contributed by atoms with Crippen molar-refractivity contribution in [1.82, 2.24) is 9.88 Å². The van der Waals surface area contributed by atoms with Gasteiger partial charge in [-0.15, -0.1) is 0 Å². The molecular formula is C19H19FN2O3. The zero-order valence-corrected chi connectivity index (χ0v) is 13.6. The first-order valence-electron chi connectivity index (χ1n) is 8.23. The first-order chi connectivity index (χ1) is 12.1. The molecule has 6 heteroatoms. The van der Waals surface area contributed by atoms with Crippen molar-refractivity contribution in [3.8, 4) is 0 Å². The van der Waals surface area contributed by atoms with Crippen LogP contribution in [0.5, 0.6) is 0 Å². The molecule has 0 unspecified atom stereocenters. The number of carboxylic acids is 1. The number of halogens is 1. The molecule has 5 nitrogen and oxygen atoms in total. The Morgan fingerprint density at radius 3 is 2.76 bits per heavy atom. The van der Waals surface area contributed by atoms with Gasteiger partial charge in [-0.3, -0.25) is 14.6 Å². The summed E-state index contributed by atoms with van der Waals surface area (Å²) in [6.45, 7) is 0.327. The normalized spacial score (nSPS) is 20.5. The molecule has 0 saturated carbocycles. The molecule has 25 heavy (non-hydrogen) atoms. The van der Waals surface area contributed by atoms with Gasteiger partial charge in [0.15, 0.2) is 0 Å². The number of pyridine rings is 1. The molecule has 130 valence electrons. The second-order valence-corrected chi connectivity index (χ2v) is 6.15. The number of aromatic nitrogens is 1. The van der Waals surface area contributed by atoms with Gasteiger partial charge in [0.2, 0.25) is 5.91 Å². The van der Waals surface area contributed by atoms with Crippen LogP contribution in [0.15, 0.2) is 48.8 Å². The van der Waals surface area contributed by atoms with E-state index in [4.69, 9.17) is 0 Å². The molecule has 1 aromatic heterocycles. The second kappa shape index (κ2) is 7.42. The number of hydrogen-bond acceptors (Lipinski definition) is 3. The molecule has 1 fully saturated rings. The highest BCUT2D eigenvalue weighted by molar-refractivity contribution is 5.81. The van der Waals surface area contributed by atoms with Crippen molar-refractivity contribution in [1.29, 1.82) is 0 Å². The van der Waals surface area contributed by atoms with Gasteiger partial charge < -0.3 is 10.0 Å². The summed E-state index contributed by atoms with van der Waals surface area (Å²) in [4.78, 5) is 29.7. The van der Waals surface area contributed by atoms with Crippen LogP contribution in [0.25, 0.3) is 0 Å². The van der Waals surface area contributed by atoms with Gasteiger partial charge in [-0.1, -0.05) is 24.3 Å². The molecule has 0 radical (unpaired) electrons. The van der Waals surface area contributed by atoms with E-state index in [-0.39, 0.29) is 24.3 Å². The number of amides is 1. The average molecular weight is 342 g/mol. The van der Waals surface area contributed by atoms with Crippen LogP contribution >= 0.6 is 0 Å². The molecule has 0 spiro atoms. The van der Waals surface area contributed by atoms with Gasteiger partial charge in [0.25, 0.3) is 0 Å². The number of benzene rings is 1. The minimum atomic E-state index is -1.01. The third-order valence-electron chi connectivity index (χ3n) is 4.61. The fourth-order valence-electron chi connectivity index (χ4n) is 3.37. The molecule has 1 N–H and O–H groups in total. The number of piperidine rings is 1. The number of rotatable bonds is 5. The van der Waals surface area contributed by atoms with E-state index in [9.17, 15) is 19.1 Å². The van der Waals surface area contributed by atoms with Crippen molar-refractivity contribution in [2.24, 2.45) is 5.92 Å². The highest BCUT2D eigenvalue weighted by Gasteiger charge is 2.41. The minimum Gasteiger partial charge on any atom is -0.481 e. The summed E-state index contributed by atoms with van der Waals surface area (Å²) in [6, 6.07) is 8.99. The van der Waals surface area contributed by atoms with Crippen molar-refractivity contribution in [2.45, 2.75) is 25.3 Å². The summed E-state index contributed by atoms with van der Waals surface area (Å²) in [7, 11) is 0. The van der Waals surface area contributed by atoms with E-state index < -0.39 is 23.7 Å². The van der Waals surface area contributed by atoms with E-state index in [0.717, 1.165) is 5.56 Å². The molecule has 1 amide bonds. The third-order valence-corrected chi connectivity index (χ3v) is 4.61. The first kappa shape index (κ1) is 17.1. The second-order valence-electron chi connectivity index (χ2n) is 6.15. The Morgan fingerprint density at radius 2 is 2.08 bits per heavy atom. The molecule has 3 rings (SSSR count). The Balaban J connectivity index is 1.92. The van der Waals surface area contributed by atoms with E-state index in [1.165, 1.54) is 11.0 Å². The highest BCUT2D eigenvalue weighted by Crippen LogP contribution is 2.38. The third kappa shape index (κ3) is 3.68. The molecule has 2 atom stereocenters. The Kier molecular flexibility index (Phi) is 5.07. The summed E-state index contributed by atoms with van der Waals surface area (Å²) in [5.74, 6) is -2.45. The summed E-state index contributed by atoms with van der Waals surface area (Å²) in [5, 5.41) is 9.58. The number of hydrogen-bond donors (Lipinski definition) is 1. The van der Waals surface area contributed by atoms with E-state index in [0.29, 0.717) is 13.0 Å². The lowest BCUT2D eigenvalue weighted by Gasteiger charge is -2.40. The molecule has 1 aliphatic heterocycles. The summed E-state index contributed by atoms with van der Waals surface area (Å²) in [6.07, 6.45) is 4.29. The maximum atomic E-state index is 14.3. The Labute approximate surface area is 145 Å². The van der Waals surface area contributed by atoms with Crippen LogP contribution in [-0.4, -0.2) is 33.4 Å². The summed E-state index contributed by atoms with van der Waals surface area (Å²) >= 11 is 0. The van der Waals surface area contributed by atoms with Crippen LogP contribution < -0.4 is 0 Å². The molecule has 0 aliphatic carbocycles. The van der Waals surface area contributed by atoms with Crippen LogP contribution in [0.1, 0.15) is 30.0 Å². The van der Waals surface area contributed by atoms with Crippen LogP contribution in [0.4, 0.5) is 4.39 Å². The monoisotopic (exact) mass is 342 g/mol. The molecular weight excluding hydrogens is 323 g/mol. The molecule has 0 bridgehead atoms. The lowest BCUT2D eigenvalue weighted by Crippen LogP contribution is -2.46. The lowest BCUT2D eigenvalue weighted by atomic mass is 9.84. The molecule has 1 aliphatic rings. The number of aliphatic carboxylic acids is 1. The molecule has 2 aromatic rings. The highest BCUT2D eigenvalue weighted by atomic mass is 19.1. The van der Waals surface area contributed by atoms with Crippen LogP contribution in [0, 0.1) is 11.7 Å². The smallest absolute Gasteiger partial charge is 0.308 e. The topological polar surface area (TPSA) is 70.5 Å². The number of likely N-dealkylation sites (tertiary alicyclic amines) is 1. The summed E-state index contributed by atoms with van der Waals surface area (Å²) in [5.41, 5.74) is 1.20. The number of carbonyl (C=O) groups excluding carboxylic acids is 1. The van der Waals surface area contributed by atoms with Gasteiger partial charge in [-0.05, 0) is 30.5 Å².